The summed E-state index contributed by atoms with van der Waals surface area (Å²) < 4.78 is 1.74. The van der Waals surface area contributed by atoms with Crippen LogP contribution in [0.4, 0.5) is 11.4 Å². The lowest BCUT2D eigenvalue weighted by Crippen LogP contribution is -2.19. The molecule has 18 heavy (non-hydrogen) atoms. The molecule has 1 heterocycles. The normalized spacial score (nSPS) is 10.2. The first-order valence-corrected chi connectivity index (χ1v) is 6.17. The fourth-order valence-electron chi connectivity index (χ4n) is 1.54. The minimum absolute atomic E-state index is 0.522. The molecule has 0 aliphatic rings. The predicted octanol–water partition coefficient (Wildman–Crippen LogP) is 3.19. The van der Waals surface area contributed by atoms with Gasteiger partial charge in [0.2, 0.25) is 0 Å². The van der Waals surface area contributed by atoms with Gasteiger partial charge < -0.3 is 10.6 Å². The molecule has 2 N–H and O–H groups in total. The van der Waals surface area contributed by atoms with Gasteiger partial charge in [-0.25, -0.2) is 0 Å². The van der Waals surface area contributed by atoms with Crippen molar-refractivity contribution >= 4 is 40.3 Å². The Labute approximate surface area is 116 Å². The van der Waals surface area contributed by atoms with Crippen LogP contribution in [-0.2, 0) is 7.05 Å². The van der Waals surface area contributed by atoms with Gasteiger partial charge in [-0.15, -0.1) is 0 Å². The number of benzene rings is 1. The summed E-state index contributed by atoms with van der Waals surface area (Å²) in [6.45, 7) is 1.92. The number of halogens is 1. The molecular weight excluding hydrogens is 268 g/mol. The summed E-state index contributed by atoms with van der Waals surface area (Å²) in [4.78, 5) is 0. The van der Waals surface area contributed by atoms with E-state index in [2.05, 4.69) is 15.7 Å². The van der Waals surface area contributed by atoms with E-state index < -0.39 is 0 Å². The van der Waals surface area contributed by atoms with Crippen molar-refractivity contribution in [1.82, 2.24) is 9.78 Å². The highest BCUT2D eigenvalue weighted by Crippen LogP contribution is 2.15. The summed E-state index contributed by atoms with van der Waals surface area (Å²) in [6, 6.07) is 7.35. The maximum atomic E-state index is 5.81. The third kappa shape index (κ3) is 3.21. The maximum Gasteiger partial charge on any atom is 0.175 e. The molecular formula is C12H13ClN4S. The van der Waals surface area contributed by atoms with Crippen molar-refractivity contribution in [1.29, 1.82) is 0 Å². The van der Waals surface area contributed by atoms with Gasteiger partial charge >= 0.3 is 0 Å². The Kier molecular flexibility index (Phi) is 3.84. The molecule has 6 heteroatoms. The molecule has 1 aromatic heterocycles. The highest BCUT2D eigenvalue weighted by molar-refractivity contribution is 7.80. The quantitative estimate of drug-likeness (QED) is 0.829. The number of hydrogen-bond acceptors (Lipinski definition) is 2. The van der Waals surface area contributed by atoms with E-state index >= 15 is 0 Å². The predicted molar refractivity (Wildman–Crippen MR) is 79.2 cm³/mol. The number of thiocarbonyl (C=S) groups is 1. The van der Waals surface area contributed by atoms with Crippen LogP contribution in [0.1, 0.15) is 5.69 Å². The molecule has 4 nitrogen and oxygen atoms in total. The molecule has 0 radical (unpaired) electrons. The lowest BCUT2D eigenvalue weighted by molar-refractivity contribution is 0.756. The van der Waals surface area contributed by atoms with Crippen LogP contribution in [0.3, 0.4) is 0 Å². The molecule has 0 atom stereocenters. The maximum absolute atomic E-state index is 5.81. The van der Waals surface area contributed by atoms with Crippen LogP contribution < -0.4 is 10.6 Å². The third-order valence-electron chi connectivity index (χ3n) is 2.36. The fraction of sp³-hybridized carbons (Fsp3) is 0.167. The van der Waals surface area contributed by atoms with E-state index in [4.69, 9.17) is 23.8 Å². The molecule has 2 aromatic rings. The van der Waals surface area contributed by atoms with Crippen LogP contribution in [0.25, 0.3) is 0 Å². The Balaban J connectivity index is 2.01. The second kappa shape index (κ2) is 5.37. The number of nitrogens with one attached hydrogen (secondary N) is 2. The van der Waals surface area contributed by atoms with E-state index in [0.717, 1.165) is 17.1 Å². The zero-order chi connectivity index (χ0) is 13.1. The Bertz CT molecular complexity index is 562. The van der Waals surface area contributed by atoms with Crippen LogP contribution in [0.15, 0.2) is 30.5 Å². The molecule has 0 saturated carbocycles. The van der Waals surface area contributed by atoms with Gasteiger partial charge in [-0.05, 0) is 43.4 Å². The average molecular weight is 281 g/mol. The highest BCUT2D eigenvalue weighted by atomic mass is 35.5. The summed E-state index contributed by atoms with van der Waals surface area (Å²) in [5, 5.41) is 11.6. The number of aromatic nitrogens is 2. The molecule has 0 unspecified atom stereocenters. The van der Waals surface area contributed by atoms with Gasteiger partial charge in [-0.2, -0.15) is 5.10 Å². The van der Waals surface area contributed by atoms with Gasteiger partial charge in [0.25, 0.3) is 0 Å². The SMILES string of the molecule is Cc1nn(C)cc1NC(=S)Nc1ccc(Cl)cc1. The molecule has 0 fully saturated rings. The van der Waals surface area contributed by atoms with Gasteiger partial charge in [-0.1, -0.05) is 11.6 Å². The summed E-state index contributed by atoms with van der Waals surface area (Å²) >= 11 is 11.0. The minimum atomic E-state index is 0.522. The second-order valence-corrected chi connectivity index (χ2v) is 4.73. The van der Waals surface area contributed by atoms with Crippen LogP contribution in [0.2, 0.25) is 5.02 Å². The van der Waals surface area contributed by atoms with Crippen molar-refractivity contribution in [3.8, 4) is 0 Å². The van der Waals surface area contributed by atoms with Gasteiger partial charge in [-0.3, -0.25) is 4.68 Å². The second-order valence-electron chi connectivity index (χ2n) is 3.89. The van der Waals surface area contributed by atoms with Crippen molar-refractivity contribution in [3.05, 3.63) is 41.2 Å². The van der Waals surface area contributed by atoms with Crippen molar-refractivity contribution in [3.63, 3.8) is 0 Å². The zero-order valence-corrected chi connectivity index (χ0v) is 11.6. The highest BCUT2D eigenvalue weighted by Gasteiger charge is 2.05. The van der Waals surface area contributed by atoms with Gasteiger partial charge in [0.15, 0.2) is 5.11 Å². The molecule has 1 aromatic carbocycles. The monoisotopic (exact) mass is 280 g/mol. The molecule has 0 aliphatic carbocycles. The fourth-order valence-corrected chi connectivity index (χ4v) is 1.89. The minimum Gasteiger partial charge on any atom is -0.332 e. The Hall–Kier alpha value is -1.59. The van der Waals surface area contributed by atoms with Gasteiger partial charge in [0.05, 0.1) is 11.4 Å². The van der Waals surface area contributed by atoms with Crippen molar-refractivity contribution < 1.29 is 0 Å². The van der Waals surface area contributed by atoms with E-state index in [1.165, 1.54) is 0 Å². The van der Waals surface area contributed by atoms with E-state index in [1.54, 1.807) is 4.68 Å². The van der Waals surface area contributed by atoms with E-state index in [-0.39, 0.29) is 0 Å². The van der Waals surface area contributed by atoms with Crippen LogP contribution in [0.5, 0.6) is 0 Å². The largest absolute Gasteiger partial charge is 0.332 e. The standard InChI is InChI=1S/C12H13ClN4S/c1-8-11(7-17(2)16-8)15-12(18)14-10-5-3-9(13)4-6-10/h3-7H,1-2H3,(H2,14,15,18). The van der Waals surface area contributed by atoms with Crippen molar-refractivity contribution in [2.75, 3.05) is 10.6 Å². The summed E-state index contributed by atoms with van der Waals surface area (Å²) in [5.74, 6) is 0. The van der Waals surface area contributed by atoms with Gasteiger partial charge in [0.1, 0.15) is 0 Å². The van der Waals surface area contributed by atoms with E-state index in [9.17, 15) is 0 Å². The average Bonchev–Trinajstić information content (AvgIpc) is 2.61. The first-order chi connectivity index (χ1) is 8.54. The number of nitrogens with zero attached hydrogens (tertiary/aromatic N) is 2. The number of aryl methyl sites for hydroxylation is 2. The summed E-state index contributed by atoms with van der Waals surface area (Å²) in [6.07, 6.45) is 1.88. The van der Waals surface area contributed by atoms with Crippen LogP contribution in [-0.4, -0.2) is 14.9 Å². The number of hydrogen-bond donors (Lipinski definition) is 2. The summed E-state index contributed by atoms with van der Waals surface area (Å²) in [5.41, 5.74) is 2.68. The van der Waals surface area contributed by atoms with Crippen molar-refractivity contribution in [2.45, 2.75) is 6.92 Å². The van der Waals surface area contributed by atoms with Crippen molar-refractivity contribution in [2.24, 2.45) is 7.05 Å². The molecule has 0 aliphatic heterocycles. The molecule has 0 saturated heterocycles. The molecule has 2 rings (SSSR count). The number of rotatable bonds is 2. The van der Waals surface area contributed by atoms with Crippen LogP contribution in [0, 0.1) is 6.92 Å². The zero-order valence-electron chi connectivity index (χ0n) is 10.1. The lowest BCUT2D eigenvalue weighted by Gasteiger charge is -2.09. The molecule has 0 amide bonds. The third-order valence-corrected chi connectivity index (χ3v) is 2.82. The number of anilines is 2. The first-order valence-electron chi connectivity index (χ1n) is 5.38. The van der Waals surface area contributed by atoms with E-state index in [0.29, 0.717) is 10.1 Å². The summed E-state index contributed by atoms with van der Waals surface area (Å²) in [7, 11) is 1.87. The molecule has 94 valence electrons. The first kappa shape index (κ1) is 12.9. The van der Waals surface area contributed by atoms with E-state index in [1.807, 2.05) is 44.4 Å². The Morgan fingerprint density at radius 2 is 1.94 bits per heavy atom. The van der Waals surface area contributed by atoms with Gasteiger partial charge in [0, 0.05) is 24.0 Å². The topological polar surface area (TPSA) is 41.9 Å². The Morgan fingerprint density at radius 1 is 1.28 bits per heavy atom. The Morgan fingerprint density at radius 3 is 2.50 bits per heavy atom. The molecule has 0 spiro atoms. The molecule has 0 bridgehead atoms. The smallest absolute Gasteiger partial charge is 0.175 e. The lowest BCUT2D eigenvalue weighted by atomic mass is 10.3. The van der Waals surface area contributed by atoms with Crippen LogP contribution >= 0.6 is 23.8 Å².